The van der Waals surface area contributed by atoms with E-state index in [9.17, 15) is 9.59 Å². The van der Waals surface area contributed by atoms with Gasteiger partial charge < -0.3 is 19.9 Å². The van der Waals surface area contributed by atoms with Gasteiger partial charge in [-0.05, 0) is 59.3 Å². The summed E-state index contributed by atoms with van der Waals surface area (Å²) in [5, 5.41) is 3.09. The monoisotopic (exact) mass is 365 g/mol. The van der Waals surface area contributed by atoms with Crippen LogP contribution in [-0.4, -0.2) is 62.3 Å². The molecular formula is C19H31N3O2S. The summed E-state index contributed by atoms with van der Waals surface area (Å²) >= 11 is 1.79. The molecule has 0 aromatic carbocycles. The van der Waals surface area contributed by atoms with Gasteiger partial charge in [0.05, 0.1) is 5.56 Å². The Morgan fingerprint density at radius 1 is 1.28 bits per heavy atom. The molecule has 2 rings (SSSR count). The minimum Gasteiger partial charge on any atom is -0.351 e. The Kier molecular flexibility index (Phi) is 7.59. The van der Waals surface area contributed by atoms with Crippen LogP contribution in [0.4, 0.5) is 0 Å². The van der Waals surface area contributed by atoms with Crippen molar-refractivity contribution in [1.82, 2.24) is 15.1 Å². The van der Waals surface area contributed by atoms with E-state index in [0.29, 0.717) is 13.0 Å². The fourth-order valence-corrected chi connectivity index (χ4v) is 4.64. The summed E-state index contributed by atoms with van der Waals surface area (Å²) in [6.07, 6.45) is 4.35. The molecule has 2 heterocycles. The Morgan fingerprint density at radius 3 is 2.72 bits per heavy atom. The second kappa shape index (κ2) is 9.46. The van der Waals surface area contributed by atoms with Gasteiger partial charge in [0.25, 0.3) is 5.91 Å². The van der Waals surface area contributed by atoms with Gasteiger partial charge in [0, 0.05) is 42.4 Å². The van der Waals surface area contributed by atoms with Gasteiger partial charge in [-0.15, -0.1) is 11.3 Å². The number of hydrogen-bond acceptors (Lipinski definition) is 5. The summed E-state index contributed by atoms with van der Waals surface area (Å²) in [6, 6.07) is 0. The molecule has 0 aliphatic carbocycles. The highest BCUT2D eigenvalue weighted by molar-refractivity contribution is 7.12. The number of Topliss-reactive ketones (excluding diaryl/α,β-unsaturated/α-hetero) is 1. The molecule has 5 nitrogen and oxygen atoms in total. The number of fused-ring (bicyclic) bond motifs is 1. The normalized spacial score (nSPS) is 14.6. The van der Waals surface area contributed by atoms with Gasteiger partial charge in [0.2, 0.25) is 0 Å². The van der Waals surface area contributed by atoms with Gasteiger partial charge in [-0.1, -0.05) is 0 Å². The van der Waals surface area contributed by atoms with Crippen LogP contribution < -0.4 is 5.32 Å². The predicted octanol–water partition coefficient (Wildman–Crippen LogP) is 2.33. The van der Waals surface area contributed by atoms with Crippen LogP contribution in [0, 0.1) is 0 Å². The Hall–Kier alpha value is -1.24. The lowest BCUT2D eigenvalue weighted by Gasteiger charge is -2.22. The number of unbranched alkanes of at least 4 members (excludes halogenated alkanes) is 1. The van der Waals surface area contributed by atoms with Gasteiger partial charge >= 0.3 is 0 Å². The largest absolute Gasteiger partial charge is 0.351 e. The maximum Gasteiger partial charge on any atom is 0.252 e. The molecule has 0 radical (unpaired) electrons. The second-order valence-electron chi connectivity index (χ2n) is 7.26. The molecule has 1 aromatic rings. The third-order valence-electron chi connectivity index (χ3n) is 4.57. The van der Waals surface area contributed by atoms with E-state index >= 15 is 0 Å². The maximum absolute atomic E-state index is 12.8. The second-order valence-corrected chi connectivity index (χ2v) is 8.45. The Balaban J connectivity index is 2.10. The van der Waals surface area contributed by atoms with E-state index in [4.69, 9.17) is 0 Å². The molecule has 140 valence electrons. The van der Waals surface area contributed by atoms with Crippen molar-refractivity contribution < 1.29 is 9.59 Å². The number of carbonyl (C=O) groups excluding carboxylic acids is 2. The van der Waals surface area contributed by atoms with E-state index in [-0.39, 0.29) is 11.7 Å². The van der Waals surface area contributed by atoms with Gasteiger partial charge in [0.15, 0.2) is 0 Å². The average Bonchev–Trinajstić information content (AvgIpc) is 2.88. The van der Waals surface area contributed by atoms with Crippen molar-refractivity contribution in [3.8, 4) is 0 Å². The van der Waals surface area contributed by atoms with E-state index in [2.05, 4.69) is 22.2 Å². The number of ketones is 1. The summed E-state index contributed by atoms with van der Waals surface area (Å²) in [6.45, 7) is 5.09. The Morgan fingerprint density at radius 2 is 2.04 bits per heavy atom. The van der Waals surface area contributed by atoms with E-state index in [1.54, 1.807) is 18.3 Å². The van der Waals surface area contributed by atoms with Crippen LogP contribution in [0.15, 0.2) is 0 Å². The van der Waals surface area contributed by atoms with Crippen LogP contribution in [0.2, 0.25) is 0 Å². The number of aryl methyl sites for hydroxylation is 1. The van der Waals surface area contributed by atoms with Gasteiger partial charge in [-0.25, -0.2) is 0 Å². The first-order valence-corrected chi connectivity index (χ1v) is 9.94. The first-order chi connectivity index (χ1) is 11.9. The van der Waals surface area contributed by atoms with E-state index in [1.807, 2.05) is 14.1 Å². The first-order valence-electron chi connectivity index (χ1n) is 9.12. The zero-order valence-corrected chi connectivity index (χ0v) is 16.8. The first kappa shape index (κ1) is 20.1. The summed E-state index contributed by atoms with van der Waals surface area (Å²) in [5.74, 6) is 0.319. The molecule has 0 spiro atoms. The van der Waals surface area contributed by atoms with Crippen LogP contribution >= 0.6 is 11.3 Å². The number of hydrogen-bond donors (Lipinski definition) is 1. The summed E-state index contributed by atoms with van der Waals surface area (Å²) < 4.78 is 0. The van der Waals surface area contributed by atoms with Crippen LogP contribution in [-0.2, 0) is 24.2 Å². The van der Waals surface area contributed by atoms with Crippen molar-refractivity contribution >= 4 is 23.0 Å². The van der Waals surface area contributed by atoms with Gasteiger partial charge in [-0.3, -0.25) is 4.79 Å². The van der Waals surface area contributed by atoms with E-state index in [0.717, 1.165) is 50.9 Å². The lowest BCUT2D eigenvalue weighted by atomic mass is 9.99. The molecule has 1 aromatic heterocycles. The van der Waals surface area contributed by atoms with Crippen molar-refractivity contribution in [3.05, 3.63) is 20.9 Å². The van der Waals surface area contributed by atoms with E-state index in [1.165, 1.54) is 15.3 Å². The molecule has 0 atom stereocenters. The lowest BCUT2D eigenvalue weighted by Crippen LogP contribution is -2.33. The van der Waals surface area contributed by atoms with Crippen LogP contribution in [0.5, 0.6) is 0 Å². The molecule has 25 heavy (non-hydrogen) atoms. The van der Waals surface area contributed by atoms with Crippen molar-refractivity contribution in [3.63, 3.8) is 0 Å². The van der Waals surface area contributed by atoms with Gasteiger partial charge in [0.1, 0.15) is 5.78 Å². The van der Waals surface area contributed by atoms with Crippen LogP contribution in [0.25, 0.3) is 0 Å². The molecule has 1 N–H and O–H groups in total. The minimum atomic E-state index is 0.0745. The van der Waals surface area contributed by atoms with Crippen molar-refractivity contribution in [2.45, 2.75) is 45.6 Å². The molecular weight excluding hydrogens is 334 g/mol. The van der Waals surface area contributed by atoms with Gasteiger partial charge in [-0.2, -0.15) is 0 Å². The SMILES string of the molecule is CC(=O)CCCCc1sc2c(c1C(=O)NCCN(C)C)CCN(C)C2. The topological polar surface area (TPSA) is 52.7 Å². The number of rotatable bonds is 9. The fraction of sp³-hybridized carbons (Fsp3) is 0.684. The molecule has 6 heteroatoms. The summed E-state index contributed by atoms with van der Waals surface area (Å²) in [4.78, 5) is 30.9. The molecule has 1 amide bonds. The molecule has 0 bridgehead atoms. The Bertz CT molecular complexity index is 610. The minimum absolute atomic E-state index is 0.0745. The lowest BCUT2D eigenvalue weighted by molar-refractivity contribution is -0.117. The highest BCUT2D eigenvalue weighted by Crippen LogP contribution is 2.34. The van der Waals surface area contributed by atoms with Crippen LogP contribution in [0.1, 0.15) is 51.9 Å². The average molecular weight is 366 g/mol. The third-order valence-corrected chi connectivity index (χ3v) is 5.85. The number of likely N-dealkylation sites (N-methyl/N-ethyl adjacent to an activating group) is 2. The molecule has 1 aliphatic rings. The van der Waals surface area contributed by atoms with Crippen molar-refractivity contribution in [2.24, 2.45) is 0 Å². The number of amides is 1. The predicted molar refractivity (Wildman–Crippen MR) is 103 cm³/mol. The van der Waals surface area contributed by atoms with Crippen molar-refractivity contribution in [2.75, 3.05) is 40.8 Å². The quantitative estimate of drug-likeness (QED) is 0.683. The Labute approximate surface area is 155 Å². The molecule has 0 unspecified atom stereocenters. The third kappa shape index (κ3) is 5.90. The fourth-order valence-electron chi connectivity index (χ4n) is 3.17. The molecule has 0 fully saturated rings. The summed E-state index contributed by atoms with van der Waals surface area (Å²) in [7, 11) is 6.15. The number of thiophene rings is 1. The smallest absolute Gasteiger partial charge is 0.252 e. The highest BCUT2D eigenvalue weighted by Gasteiger charge is 2.26. The van der Waals surface area contributed by atoms with Crippen LogP contribution in [0.3, 0.4) is 0 Å². The standard InChI is InChI=1S/C19H31N3O2S/c1-14(23)7-5-6-8-16-18(19(24)20-10-12-21(2)3)15-9-11-22(4)13-17(15)25-16/h5-13H2,1-4H3,(H,20,24). The molecule has 1 aliphatic heterocycles. The summed E-state index contributed by atoms with van der Waals surface area (Å²) in [5.41, 5.74) is 2.18. The maximum atomic E-state index is 12.8. The highest BCUT2D eigenvalue weighted by atomic mass is 32.1. The number of nitrogens with one attached hydrogen (secondary N) is 1. The van der Waals surface area contributed by atoms with Crippen molar-refractivity contribution in [1.29, 1.82) is 0 Å². The zero-order valence-electron chi connectivity index (χ0n) is 16.0. The molecule has 0 saturated carbocycles. The number of carbonyl (C=O) groups is 2. The number of nitrogens with zero attached hydrogens (tertiary/aromatic N) is 2. The molecule has 0 saturated heterocycles. The van der Waals surface area contributed by atoms with E-state index < -0.39 is 0 Å². The zero-order chi connectivity index (χ0) is 18.4.